The molecule has 3 rings (SSSR count). The molecular formula is C19H27N3O2. The molecule has 0 radical (unpaired) electrons. The predicted molar refractivity (Wildman–Crippen MR) is 95.7 cm³/mol. The van der Waals surface area contributed by atoms with Gasteiger partial charge in [0, 0.05) is 0 Å². The molecule has 130 valence electrons. The maximum Gasteiger partial charge on any atom is 0.235 e. The molecule has 2 aliphatic heterocycles. The molecule has 24 heavy (non-hydrogen) atoms. The van der Waals surface area contributed by atoms with Gasteiger partial charge >= 0.3 is 0 Å². The number of hydrogen-bond donors (Lipinski definition) is 0. The summed E-state index contributed by atoms with van der Waals surface area (Å²) < 4.78 is 11.6. The van der Waals surface area contributed by atoms with E-state index in [-0.39, 0.29) is 22.9 Å². The quantitative estimate of drug-likeness (QED) is 0.835. The van der Waals surface area contributed by atoms with Gasteiger partial charge in [-0.05, 0) is 23.0 Å². The van der Waals surface area contributed by atoms with Gasteiger partial charge in [-0.1, -0.05) is 47.6 Å². The highest BCUT2D eigenvalue weighted by atomic mass is 16.5. The fourth-order valence-electron chi connectivity index (χ4n) is 2.59. The Balaban J connectivity index is 1.84. The minimum absolute atomic E-state index is 0.0813. The highest BCUT2D eigenvalue weighted by molar-refractivity contribution is 5.97. The zero-order valence-electron chi connectivity index (χ0n) is 15.5. The minimum atomic E-state index is 0.0813. The number of nitrogens with zero attached hydrogens (tertiary/aromatic N) is 3. The molecule has 2 aliphatic rings. The third kappa shape index (κ3) is 3.45. The SMILES string of the molecule is CC(C)(C)C1COC(c2cccc(C3=NC(C(C)(C)C)CO3)n2)=N1. The lowest BCUT2D eigenvalue weighted by Gasteiger charge is -2.21. The van der Waals surface area contributed by atoms with E-state index >= 15 is 0 Å². The van der Waals surface area contributed by atoms with Crippen LogP contribution in [0.4, 0.5) is 0 Å². The summed E-state index contributed by atoms with van der Waals surface area (Å²) in [6.45, 7) is 14.2. The molecule has 5 nitrogen and oxygen atoms in total. The van der Waals surface area contributed by atoms with Crippen LogP contribution in [0.25, 0.3) is 0 Å². The summed E-state index contributed by atoms with van der Waals surface area (Å²) in [4.78, 5) is 14.1. The maximum atomic E-state index is 5.78. The van der Waals surface area contributed by atoms with E-state index in [0.29, 0.717) is 25.0 Å². The molecule has 2 unspecified atom stereocenters. The van der Waals surface area contributed by atoms with Gasteiger partial charge in [-0.25, -0.2) is 15.0 Å². The smallest absolute Gasteiger partial charge is 0.235 e. The Morgan fingerprint density at radius 2 is 1.21 bits per heavy atom. The maximum absolute atomic E-state index is 5.78. The topological polar surface area (TPSA) is 56.1 Å². The molecule has 0 aromatic carbocycles. The van der Waals surface area contributed by atoms with Crippen LogP contribution in [0.2, 0.25) is 0 Å². The molecule has 0 saturated carbocycles. The van der Waals surface area contributed by atoms with Crippen LogP contribution < -0.4 is 0 Å². The van der Waals surface area contributed by atoms with E-state index in [9.17, 15) is 0 Å². The lowest BCUT2D eigenvalue weighted by Crippen LogP contribution is -2.25. The number of rotatable bonds is 2. The molecule has 0 bridgehead atoms. The summed E-state index contributed by atoms with van der Waals surface area (Å²) in [5.74, 6) is 1.23. The van der Waals surface area contributed by atoms with Gasteiger partial charge in [-0.2, -0.15) is 0 Å². The van der Waals surface area contributed by atoms with Gasteiger partial charge in [0.15, 0.2) is 0 Å². The normalized spacial score (nSPS) is 24.2. The molecule has 2 atom stereocenters. The van der Waals surface area contributed by atoms with E-state index in [4.69, 9.17) is 19.5 Å². The number of aromatic nitrogens is 1. The van der Waals surface area contributed by atoms with E-state index < -0.39 is 0 Å². The predicted octanol–water partition coefficient (Wildman–Crippen LogP) is 3.46. The van der Waals surface area contributed by atoms with Crippen LogP contribution in [0.5, 0.6) is 0 Å². The van der Waals surface area contributed by atoms with E-state index in [1.165, 1.54) is 0 Å². The van der Waals surface area contributed by atoms with Crippen molar-refractivity contribution in [3.8, 4) is 0 Å². The number of hydrogen-bond acceptors (Lipinski definition) is 5. The Morgan fingerprint density at radius 1 is 0.792 bits per heavy atom. The molecule has 5 heteroatoms. The molecule has 0 spiro atoms. The summed E-state index contributed by atoms with van der Waals surface area (Å²) in [5, 5.41) is 0. The van der Waals surface area contributed by atoms with Gasteiger partial charge < -0.3 is 9.47 Å². The van der Waals surface area contributed by atoms with Gasteiger partial charge in [0.25, 0.3) is 0 Å². The molecule has 0 saturated heterocycles. The molecular weight excluding hydrogens is 302 g/mol. The summed E-state index contributed by atoms with van der Waals surface area (Å²) in [6, 6.07) is 6.10. The third-order valence-corrected chi connectivity index (χ3v) is 4.49. The summed E-state index contributed by atoms with van der Waals surface area (Å²) in [5.41, 5.74) is 1.64. The van der Waals surface area contributed by atoms with Crippen molar-refractivity contribution in [2.24, 2.45) is 20.8 Å². The van der Waals surface area contributed by atoms with Gasteiger partial charge in [-0.15, -0.1) is 0 Å². The number of pyridine rings is 1. The van der Waals surface area contributed by atoms with Crippen molar-refractivity contribution in [1.29, 1.82) is 0 Å². The van der Waals surface area contributed by atoms with Crippen molar-refractivity contribution in [3.63, 3.8) is 0 Å². The second-order valence-electron chi connectivity index (χ2n) is 8.66. The van der Waals surface area contributed by atoms with E-state index in [0.717, 1.165) is 11.4 Å². The molecule has 0 fully saturated rings. The van der Waals surface area contributed by atoms with Crippen molar-refractivity contribution in [2.45, 2.75) is 53.6 Å². The van der Waals surface area contributed by atoms with Gasteiger partial charge in [0.05, 0.1) is 12.1 Å². The molecule has 1 aromatic rings. The largest absolute Gasteiger partial charge is 0.474 e. The summed E-state index contributed by atoms with van der Waals surface area (Å²) >= 11 is 0. The first kappa shape index (κ1) is 16.9. The van der Waals surface area contributed by atoms with Crippen LogP contribution in [0.15, 0.2) is 28.2 Å². The fourth-order valence-corrected chi connectivity index (χ4v) is 2.59. The first-order valence-electron chi connectivity index (χ1n) is 8.53. The molecule has 3 heterocycles. The molecule has 1 aromatic heterocycles. The van der Waals surface area contributed by atoms with Crippen molar-refractivity contribution in [3.05, 3.63) is 29.6 Å². The molecule has 0 aliphatic carbocycles. The number of aliphatic imine (C=N–C) groups is 2. The van der Waals surface area contributed by atoms with E-state index in [1.54, 1.807) is 0 Å². The first-order chi connectivity index (χ1) is 11.1. The van der Waals surface area contributed by atoms with Crippen LogP contribution in [-0.2, 0) is 9.47 Å². The van der Waals surface area contributed by atoms with Crippen molar-refractivity contribution in [2.75, 3.05) is 13.2 Å². The zero-order chi connectivity index (χ0) is 17.5. The highest BCUT2D eigenvalue weighted by Gasteiger charge is 2.33. The summed E-state index contributed by atoms with van der Waals surface area (Å²) in [7, 11) is 0. The Bertz CT molecular complexity index is 625. The van der Waals surface area contributed by atoms with Crippen LogP contribution in [0.3, 0.4) is 0 Å². The monoisotopic (exact) mass is 329 g/mol. The van der Waals surface area contributed by atoms with E-state index in [2.05, 4.69) is 46.5 Å². The highest BCUT2D eigenvalue weighted by Crippen LogP contribution is 2.28. The van der Waals surface area contributed by atoms with Crippen molar-refractivity contribution >= 4 is 11.8 Å². The molecule has 0 N–H and O–H groups in total. The average molecular weight is 329 g/mol. The Kier molecular flexibility index (Phi) is 4.14. The number of ether oxygens (including phenoxy) is 2. The van der Waals surface area contributed by atoms with E-state index in [1.807, 2.05) is 18.2 Å². The minimum Gasteiger partial charge on any atom is -0.474 e. The molecule has 0 amide bonds. The van der Waals surface area contributed by atoms with Crippen molar-refractivity contribution in [1.82, 2.24) is 4.98 Å². The third-order valence-electron chi connectivity index (χ3n) is 4.49. The average Bonchev–Trinajstić information content (AvgIpc) is 3.16. The second kappa shape index (κ2) is 5.87. The standard InChI is InChI=1S/C19H27N3O2/c1-18(2,3)14-10-23-16(21-14)12-8-7-9-13(20-12)17-22-15(11-24-17)19(4,5)6/h7-9,14-15H,10-11H2,1-6H3. The van der Waals surface area contributed by atoms with Crippen LogP contribution in [0.1, 0.15) is 52.9 Å². The first-order valence-corrected chi connectivity index (χ1v) is 8.53. The van der Waals surface area contributed by atoms with Crippen LogP contribution in [-0.4, -0.2) is 42.1 Å². The summed E-state index contributed by atoms with van der Waals surface area (Å²) in [6.07, 6.45) is 0. The Labute approximate surface area is 144 Å². The van der Waals surface area contributed by atoms with Gasteiger partial charge in [0.1, 0.15) is 24.6 Å². The van der Waals surface area contributed by atoms with Gasteiger partial charge in [0.2, 0.25) is 11.8 Å². The Hall–Kier alpha value is -1.91. The fraction of sp³-hybridized carbons (Fsp3) is 0.632. The van der Waals surface area contributed by atoms with Crippen LogP contribution in [0, 0.1) is 10.8 Å². The van der Waals surface area contributed by atoms with Crippen molar-refractivity contribution < 1.29 is 9.47 Å². The Morgan fingerprint density at radius 3 is 1.54 bits per heavy atom. The van der Waals surface area contributed by atoms with Gasteiger partial charge in [-0.3, -0.25) is 0 Å². The lowest BCUT2D eigenvalue weighted by atomic mass is 9.88. The lowest BCUT2D eigenvalue weighted by molar-refractivity contribution is 0.235. The van der Waals surface area contributed by atoms with Crippen LogP contribution >= 0.6 is 0 Å². The zero-order valence-corrected chi connectivity index (χ0v) is 15.5. The second-order valence-corrected chi connectivity index (χ2v) is 8.66.